The minimum absolute atomic E-state index is 0.334. The Morgan fingerprint density at radius 1 is 1.00 bits per heavy atom. The lowest BCUT2D eigenvalue weighted by Gasteiger charge is -2.29. The van der Waals surface area contributed by atoms with Gasteiger partial charge in [0.1, 0.15) is 0 Å². The first-order chi connectivity index (χ1) is 9.74. The van der Waals surface area contributed by atoms with Crippen LogP contribution in [0.25, 0.3) is 0 Å². The van der Waals surface area contributed by atoms with Gasteiger partial charge in [0.2, 0.25) is 17.8 Å². The summed E-state index contributed by atoms with van der Waals surface area (Å²) in [6.45, 7) is 2.05. The molecule has 20 heavy (non-hydrogen) atoms. The Morgan fingerprint density at radius 2 is 1.70 bits per heavy atom. The number of rotatable bonds is 3. The zero-order valence-corrected chi connectivity index (χ0v) is 12.3. The SMILES string of the molecule is CN(c1nc(N)nc(N2CCCCC2)n1)C1CCCC1. The Balaban J connectivity index is 1.81. The van der Waals surface area contributed by atoms with Gasteiger partial charge in [0.25, 0.3) is 0 Å². The first kappa shape index (κ1) is 13.4. The molecule has 0 unspecified atom stereocenters. The molecule has 0 atom stereocenters. The molecule has 1 aliphatic carbocycles. The summed E-state index contributed by atoms with van der Waals surface area (Å²) in [7, 11) is 2.07. The summed E-state index contributed by atoms with van der Waals surface area (Å²) >= 11 is 0. The molecule has 2 heterocycles. The van der Waals surface area contributed by atoms with Gasteiger partial charge in [0.05, 0.1) is 0 Å². The minimum Gasteiger partial charge on any atom is -0.368 e. The molecule has 3 rings (SSSR count). The van der Waals surface area contributed by atoms with E-state index in [-0.39, 0.29) is 0 Å². The number of hydrogen-bond donors (Lipinski definition) is 1. The van der Waals surface area contributed by atoms with Crippen LogP contribution < -0.4 is 15.5 Å². The summed E-state index contributed by atoms with van der Waals surface area (Å²) in [5.41, 5.74) is 5.89. The summed E-state index contributed by atoms with van der Waals surface area (Å²) in [6.07, 6.45) is 8.76. The van der Waals surface area contributed by atoms with Crippen LogP contribution in [0, 0.1) is 0 Å². The van der Waals surface area contributed by atoms with Crippen LogP contribution in [0.2, 0.25) is 0 Å². The molecule has 0 spiro atoms. The summed E-state index contributed by atoms with van der Waals surface area (Å²) < 4.78 is 0. The van der Waals surface area contributed by atoms with Crippen LogP contribution in [-0.4, -0.2) is 41.1 Å². The van der Waals surface area contributed by atoms with Crippen molar-refractivity contribution < 1.29 is 0 Å². The first-order valence-corrected chi connectivity index (χ1v) is 7.73. The maximum absolute atomic E-state index is 5.89. The van der Waals surface area contributed by atoms with Crippen molar-refractivity contribution in [2.24, 2.45) is 0 Å². The molecule has 1 saturated heterocycles. The van der Waals surface area contributed by atoms with Crippen molar-refractivity contribution in [1.82, 2.24) is 15.0 Å². The number of aromatic nitrogens is 3. The average molecular weight is 276 g/mol. The van der Waals surface area contributed by atoms with E-state index in [0.717, 1.165) is 25.0 Å². The van der Waals surface area contributed by atoms with Crippen molar-refractivity contribution in [3.8, 4) is 0 Å². The van der Waals surface area contributed by atoms with Gasteiger partial charge in [-0.05, 0) is 32.1 Å². The molecule has 1 aromatic rings. The van der Waals surface area contributed by atoms with Crippen molar-refractivity contribution in [1.29, 1.82) is 0 Å². The van der Waals surface area contributed by atoms with E-state index in [0.29, 0.717) is 12.0 Å². The van der Waals surface area contributed by atoms with Gasteiger partial charge in [-0.2, -0.15) is 15.0 Å². The fourth-order valence-corrected chi connectivity index (χ4v) is 3.22. The van der Waals surface area contributed by atoms with E-state index in [9.17, 15) is 0 Å². The van der Waals surface area contributed by atoms with Crippen LogP contribution in [0.3, 0.4) is 0 Å². The fourth-order valence-electron chi connectivity index (χ4n) is 3.22. The van der Waals surface area contributed by atoms with Crippen molar-refractivity contribution >= 4 is 17.8 Å². The topological polar surface area (TPSA) is 71.2 Å². The molecule has 1 aromatic heterocycles. The molecule has 1 saturated carbocycles. The fraction of sp³-hybridized carbons (Fsp3) is 0.786. The summed E-state index contributed by atoms with van der Waals surface area (Å²) in [5, 5.41) is 0. The van der Waals surface area contributed by atoms with Crippen LogP contribution in [-0.2, 0) is 0 Å². The quantitative estimate of drug-likeness (QED) is 0.908. The van der Waals surface area contributed by atoms with Gasteiger partial charge in [0.15, 0.2) is 0 Å². The molecule has 0 aromatic carbocycles. The third-order valence-electron chi connectivity index (χ3n) is 4.46. The standard InChI is InChI=1S/C14H24N6/c1-19(11-7-3-4-8-11)13-16-12(15)17-14(18-13)20-9-5-2-6-10-20/h11H,2-10H2,1H3,(H2,15,16,17,18). The van der Waals surface area contributed by atoms with Gasteiger partial charge in [-0.15, -0.1) is 0 Å². The molecular formula is C14H24N6. The highest BCUT2D eigenvalue weighted by molar-refractivity contribution is 5.44. The molecule has 6 nitrogen and oxygen atoms in total. The van der Waals surface area contributed by atoms with Gasteiger partial charge in [0, 0.05) is 26.2 Å². The predicted molar refractivity (Wildman–Crippen MR) is 81.0 cm³/mol. The highest BCUT2D eigenvalue weighted by Crippen LogP contribution is 2.26. The van der Waals surface area contributed by atoms with Crippen molar-refractivity contribution in [3.63, 3.8) is 0 Å². The predicted octanol–water partition coefficient (Wildman–Crippen LogP) is 1.82. The summed E-state index contributed by atoms with van der Waals surface area (Å²) in [5.74, 6) is 1.81. The number of nitrogens with two attached hydrogens (primary N) is 1. The van der Waals surface area contributed by atoms with E-state index in [1.807, 2.05) is 0 Å². The van der Waals surface area contributed by atoms with E-state index in [1.54, 1.807) is 0 Å². The molecule has 6 heteroatoms. The van der Waals surface area contributed by atoms with E-state index in [2.05, 4.69) is 31.8 Å². The molecule has 2 aliphatic rings. The average Bonchev–Trinajstić information content (AvgIpc) is 3.01. The van der Waals surface area contributed by atoms with Crippen molar-refractivity contribution in [2.45, 2.75) is 51.0 Å². The van der Waals surface area contributed by atoms with Crippen LogP contribution in [0.4, 0.5) is 17.8 Å². The number of anilines is 3. The number of hydrogen-bond acceptors (Lipinski definition) is 6. The molecule has 2 N–H and O–H groups in total. The van der Waals surface area contributed by atoms with Crippen LogP contribution in [0.1, 0.15) is 44.9 Å². The second-order valence-electron chi connectivity index (χ2n) is 5.89. The zero-order chi connectivity index (χ0) is 13.9. The Kier molecular flexibility index (Phi) is 3.89. The first-order valence-electron chi connectivity index (χ1n) is 7.73. The van der Waals surface area contributed by atoms with Gasteiger partial charge < -0.3 is 15.5 Å². The Hall–Kier alpha value is -1.59. The zero-order valence-electron chi connectivity index (χ0n) is 12.3. The number of nitrogens with zero attached hydrogens (tertiary/aromatic N) is 5. The normalized spacial score (nSPS) is 20.4. The monoisotopic (exact) mass is 276 g/mol. The third kappa shape index (κ3) is 2.78. The number of nitrogen functional groups attached to an aromatic ring is 1. The maximum Gasteiger partial charge on any atom is 0.231 e. The third-order valence-corrected chi connectivity index (χ3v) is 4.46. The molecule has 0 amide bonds. The molecule has 0 radical (unpaired) electrons. The second kappa shape index (κ2) is 5.81. The van der Waals surface area contributed by atoms with Crippen molar-refractivity contribution in [2.75, 3.05) is 35.7 Å². The highest BCUT2D eigenvalue weighted by Gasteiger charge is 2.23. The van der Waals surface area contributed by atoms with E-state index < -0.39 is 0 Å². The largest absolute Gasteiger partial charge is 0.368 e. The van der Waals surface area contributed by atoms with E-state index in [1.165, 1.54) is 44.9 Å². The van der Waals surface area contributed by atoms with E-state index in [4.69, 9.17) is 5.73 Å². The lowest BCUT2D eigenvalue weighted by molar-refractivity contribution is 0.566. The van der Waals surface area contributed by atoms with Crippen LogP contribution in [0.5, 0.6) is 0 Å². The van der Waals surface area contributed by atoms with Crippen LogP contribution >= 0.6 is 0 Å². The molecular weight excluding hydrogens is 252 g/mol. The van der Waals surface area contributed by atoms with Gasteiger partial charge in [-0.3, -0.25) is 0 Å². The Bertz CT molecular complexity index is 451. The maximum atomic E-state index is 5.89. The Labute approximate surface area is 120 Å². The lowest BCUT2D eigenvalue weighted by atomic mass is 10.1. The lowest BCUT2D eigenvalue weighted by Crippen LogP contribution is -2.34. The number of piperidine rings is 1. The van der Waals surface area contributed by atoms with E-state index >= 15 is 0 Å². The van der Waals surface area contributed by atoms with Crippen molar-refractivity contribution in [3.05, 3.63) is 0 Å². The summed E-state index contributed by atoms with van der Waals surface area (Å²) in [4.78, 5) is 17.7. The van der Waals surface area contributed by atoms with Gasteiger partial charge >= 0.3 is 0 Å². The van der Waals surface area contributed by atoms with Gasteiger partial charge in [-0.1, -0.05) is 12.8 Å². The highest BCUT2D eigenvalue weighted by atomic mass is 15.4. The molecule has 0 bridgehead atoms. The second-order valence-corrected chi connectivity index (χ2v) is 5.89. The minimum atomic E-state index is 0.334. The smallest absolute Gasteiger partial charge is 0.231 e. The summed E-state index contributed by atoms with van der Waals surface area (Å²) in [6, 6.07) is 0.547. The van der Waals surface area contributed by atoms with Crippen LogP contribution in [0.15, 0.2) is 0 Å². The molecule has 110 valence electrons. The van der Waals surface area contributed by atoms with Gasteiger partial charge in [-0.25, -0.2) is 0 Å². The Morgan fingerprint density at radius 3 is 2.40 bits per heavy atom. The molecule has 1 aliphatic heterocycles. The molecule has 2 fully saturated rings.